The molecule has 2 aromatic carbocycles. The highest BCUT2D eigenvalue weighted by Gasteiger charge is 2.23. The van der Waals surface area contributed by atoms with Crippen LogP contribution in [0.5, 0.6) is 5.75 Å². The average molecular weight is 551 g/mol. The highest BCUT2D eigenvalue weighted by Crippen LogP contribution is 2.33. The number of amides is 1. The molecule has 0 atom stereocenters. The van der Waals surface area contributed by atoms with E-state index in [2.05, 4.69) is 22.4 Å². The van der Waals surface area contributed by atoms with Crippen LogP contribution in [-0.4, -0.2) is 69.6 Å². The van der Waals surface area contributed by atoms with Crippen LogP contribution in [0.25, 0.3) is 22.8 Å². The van der Waals surface area contributed by atoms with Gasteiger partial charge in [-0.25, -0.2) is 0 Å². The third-order valence-electron chi connectivity index (χ3n) is 6.15. The van der Waals surface area contributed by atoms with Crippen molar-refractivity contribution >= 4 is 29.9 Å². The number of aromatic nitrogens is 2. The summed E-state index contributed by atoms with van der Waals surface area (Å²) in [5, 5.41) is 25.6. The van der Waals surface area contributed by atoms with Gasteiger partial charge in [0, 0.05) is 24.2 Å². The minimum Gasteiger partial charge on any atom is -0.489 e. The minimum absolute atomic E-state index is 0. The van der Waals surface area contributed by atoms with Crippen molar-refractivity contribution in [1.82, 2.24) is 20.4 Å². The van der Waals surface area contributed by atoms with Gasteiger partial charge in [-0.1, -0.05) is 28.9 Å². The molecule has 1 aliphatic rings. The van der Waals surface area contributed by atoms with Gasteiger partial charge in [-0.05, 0) is 62.1 Å². The molecule has 37 heavy (non-hydrogen) atoms. The summed E-state index contributed by atoms with van der Waals surface area (Å²) in [7, 11) is 0. The van der Waals surface area contributed by atoms with Crippen LogP contribution >= 0.6 is 24.0 Å². The van der Waals surface area contributed by atoms with Crippen molar-refractivity contribution < 1.29 is 24.3 Å². The highest BCUT2D eigenvalue weighted by molar-refractivity contribution is 6.32. The molecule has 4 rings (SSSR count). The molecule has 1 amide bonds. The molecular weight excluding hydrogens is 519 g/mol. The Hall–Kier alpha value is -2.69. The van der Waals surface area contributed by atoms with E-state index in [1.807, 2.05) is 36.9 Å². The number of nitrogens with one attached hydrogen (secondary N) is 1. The monoisotopic (exact) mass is 550 g/mol. The largest absolute Gasteiger partial charge is 0.489 e. The first kappa shape index (κ1) is 28.9. The van der Waals surface area contributed by atoms with E-state index >= 15 is 0 Å². The molecule has 11 heteroatoms. The number of rotatable bonds is 9. The number of hydrogen-bond donors (Lipinski definition) is 3. The van der Waals surface area contributed by atoms with E-state index < -0.39 is 6.04 Å². The molecule has 0 unspecified atom stereocenters. The summed E-state index contributed by atoms with van der Waals surface area (Å²) in [6.07, 6.45) is 0.799. The molecule has 1 aromatic heterocycles. The SMILES string of the molecule is Cc1c(-c2noc(-c3ccc(OC(C)C)c(Cl)c3)n2)ccc2c1CCN(CC(=O)NC(CO)CO)C2.Cl. The van der Waals surface area contributed by atoms with Crippen molar-refractivity contribution in [2.75, 3.05) is 26.3 Å². The van der Waals surface area contributed by atoms with Crippen LogP contribution in [0.4, 0.5) is 0 Å². The first-order valence-electron chi connectivity index (χ1n) is 11.9. The maximum absolute atomic E-state index is 12.2. The zero-order valence-corrected chi connectivity index (χ0v) is 22.6. The standard InChI is InChI=1S/C26H31ClN4O5.ClH/c1-15(2)35-23-7-5-17(10-22(23)27)26-29-25(30-36-26)21-6-4-18-11-31(9-8-20(18)16(21)3)12-24(34)28-19(13-32)14-33;/h4-7,10,15,19,32-33H,8-9,11-14H2,1-3H3,(H,28,34);1H. The lowest BCUT2D eigenvalue weighted by atomic mass is 9.91. The lowest BCUT2D eigenvalue weighted by Crippen LogP contribution is -2.46. The normalized spacial score (nSPS) is 13.4. The Bertz CT molecular complexity index is 1230. The Kier molecular flexibility index (Phi) is 9.92. The van der Waals surface area contributed by atoms with Crippen LogP contribution in [0.15, 0.2) is 34.9 Å². The van der Waals surface area contributed by atoms with Gasteiger partial charge in [-0.2, -0.15) is 4.98 Å². The Balaban J connectivity index is 0.00000380. The lowest BCUT2D eigenvalue weighted by Gasteiger charge is -2.30. The van der Waals surface area contributed by atoms with Gasteiger partial charge in [-0.15, -0.1) is 12.4 Å². The molecule has 2 heterocycles. The quantitative estimate of drug-likeness (QED) is 0.370. The summed E-state index contributed by atoms with van der Waals surface area (Å²) in [5.74, 6) is 1.27. The van der Waals surface area contributed by atoms with E-state index in [-0.39, 0.29) is 44.2 Å². The second kappa shape index (κ2) is 12.7. The van der Waals surface area contributed by atoms with E-state index in [4.69, 9.17) is 31.1 Å². The Morgan fingerprint density at radius 2 is 2.00 bits per heavy atom. The molecule has 0 fully saturated rings. The van der Waals surface area contributed by atoms with E-state index in [0.717, 1.165) is 23.1 Å². The fourth-order valence-electron chi connectivity index (χ4n) is 4.34. The van der Waals surface area contributed by atoms with Gasteiger partial charge in [0.1, 0.15) is 5.75 Å². The van der Waals surface area contributed by atoms with Crippen molar-refractivity contribution in [2.24, 2.45) is 0 Å². The predicted molar refractivity (Wildman–Crippen MR) is 143 cm³/mol. The molecule has 0 saturated carbocycles. The molecule has 0 bridgehead atoms. The van der Waals surface area contributed by atoms with Crippen molar-refractivity contribution in [3.63, 3.8) is 0 Å². The number of aliphatic hydroxyl groups is 2. The summed E-state index contributed by atoms with van der Waals surface area (Å²) >= 11 is 6.37. The van der Waals surface area contributed by atoms with Crippen LogP contribution < -0.4 is 10.1 Å². The smallest absolute Gasteiger partial charge is 0.258 e. The van der Waals surface area contributed by atoms with Crippen molar-refractivity contribution in [3.8, 4) is 28.6 Å². The van der Waals surface area contributed by atoms with Gasteiger partial charge in [-0.3, -0.25) is 9.69 Å². The minimum atomic E-state index is -0.637. The van der Waals surface area contributed by atoms with Gasteiger partial charge in [0.25, 0.3) is 5.89 Å². The van der Waals surface area contributed by atoms with E-state index in [1.54, 1.807) is 12.1 Å². The van der Waals surface area contributed by atoms with Crippen LogP contribution in [0, 0.1) is 6.92 Å². The Labute approximate surface area is 227 Å². The van der Waals surface area contributed by atoms with E-state index in [0.29, 0.717) is 41.1 Å². The molecule has 1 aliphatic heterocycles. The van der Waals surface area contributed by atoms with Crippen LogP contribution in [0.2, 0.25) is 5.02 Å². The molecule has 0 saturated heterocycles. The molecule has 0 aliphatic carbocycles. The zero-order chi connectivity index (χ0) is 25.8. The molecule has 3 N–H and O–H groups in total. The van der Waals surface area contributed by atoms with Gasteiger partial charge in [0.15, 0.2) is 0 Å². The predicted octanol–water partition coefficient (Wildman–Crippen LogP) is 3.40. The van der Waals surface area contributed by atoms with Gasteiger partial charge in [0.05, 0.1) is 36.9 Å². The summed E-state index contributed by atoms with van der Waals surface area (Å²) in [4.78, 5) is 18.9. The van der Waals surface area contributed by atoms with Crippen molar-refractivity contribution in [2.45, 2.75) is 45.9 Å². The summed E-state index contributed by atoms with van der Waals surface area (Å²) in [6.45, 7) is 6.89. The molecule has 0 radical (unpaired) electrons. The van der Waals surface area contributed by atoms with Crippen LogP contribution in [0.1, 0.15) is 30.5 Å². The summed E-state index contributed by atoms with van der Waals surface area (Å²) < 4.78 is 11.2. The fourth-order valence-corrected chi connectivity index (χ4v) is 4.56. The number of hydrogen-bond acceptors (Lipinski definition) is 8. The maximum atomic E-state index is 12.2. The van der Waals surface area contributed by atoms with Crippen molar-refractivity contribution in [3.05, 3.63) is 52.0 Å². The van der Waals surface area contributed by atoms with Gasteiger partial charge >= 0.3 is 0 Å². The molecule has 3 aromatic rings. The number of benzene rings is 2. The summed E-state index contributed by atoms with van der Waals surface area (Å²) in [6, 6.07) is 8.77. The third-order valence-corrected chi connectivity index (χ3v) is 6.44. The topological polar surface area (TPSA) is 121 Å². The Morgan fingerprint density at radius 1 is 1.24 bits per heavy atom. The summed E-state index contributed by atoms with van der Waals surface area (Å²) in [5.41, 5.74) is 5.06. The van der Waals surface area contributed by atoms with Crippen molar-refractivity contribution in [1.29, 1.82) is 0 Å². The second-order valence-electron chi connectivity index (χ2n) is 9.20. The zero-order valence-electron chi connectivity index (χ0n) is 21.0. The fraction of sp³-hybridized carbons (Fsp3) is 0.423. The van der Waals surface area contributed by atoms with E-state index in [1.165, 1.54) is 5.56 Å². The van der Waals surface area contributed by atoms with Gasteiger partial charge in [0.2, 0.25) is 11.7 Å². The number of carbonyl (C=O) groups is 1. The number of fused-ring (bicyclic) bond motifs is 1. The maximum Gasteiger partial charge on any atom is 0.258 e. The lowest BCUT2D eigenvalue weighted by molar-refractivity contribution is -0.123. The first-order chi connectivity index (χ1) is 17.3. The third kappa shape index (κ3) is 6.80. The average Bonchev–Trinajstić information content (AvgIpc) is 3.33. The second-order valence-corrected chi connectivity index (χ2v) is 9.61. The highest BCUT2D eigenvalue weighted by atomic mass is 35.5. The molecular formula is C26H32Cl2N4O5. The van der Waals surface area contributed by atoms with Gasteiger partial charge < -0.3 is 24.8 Å². The number of halogens is 2. The van der Waals surface area contributed by atoms with Crippen LogP contribution in [-0.2, 0) is 17.8 Å². The first-order valence-corrected chi connectivity index (χ1v) is 12.3. The molecule has 200 valence electrons. The molecule has 9 nitrogen and oxygen atoms in total. The Morgan fingerprint density at radius 3 is 2.68 bits per heavy atom. The van der Waals surface area contributed by atoms with Crippen LogP contribution in [0.3, 0.4) is 0 Å². The molecule has 0 spiro atoms. The number of carbonyl (C=O) groups excluding carboxylic acids is 1. The van der Waals surface area contributed by atoms with E-state index in [9.17, 15) is 4.79 Å². The number of ether oxygens (including phenoxy) is 1. The number of nitrogens with zero attached hydrogens (tertiary/aromatic N) is 3. The number of aliphatic hydroxyl groups excluding tert-OH is 2.